The van der Waals surface area contributed by atoms with Crippen LogP contribution in [0.2, 0.25) is 0 Å². The van der Waals surface area contributed by atoms with Crippen LogP contribution in [0.15, 0.2) is 24.3 Å². The largest absolute Gasteiger partial charge is 0.318 e. The van der Waals surface area contributed by atoms with Gasteiger partial charge < -0.3 is 5.32 Å². The number of carbonyl (C=O) groups is 2. The molecule has 16 heavy (non-hydrogen) atoms. The van der Waals surface area contributed by atoms with Crippen LogP contribution in [-0.2, 0) is 4.79 Å². The molecule has 0 atom stereocenters. The molecule has 0 saturated heterocycles. The van der Waals surface area contributed by atoms with Gasteiger partial charge >= 0.3 is 0 Å². The molecule has 1 aromatic carbocycles. The van der Waals surface area contributed by atoms with Crippen molar-refractivity contribution in [3.8, 4) is 0 Å². The maximum atomic E-state index is 11.4. The monoisotopic (exact) mass is 233 g/mol. The molecular formula is C12H11NO2S. The summed E-state index contributed by atoms with van der Waals surface area (Å²) in [7, 11) is 0. The van der Waals surface area contributed by atoms with Crippen molar-refractivity contribution >= 4 is 36.1 Å². The van der Waals surface area contributed by atoms with Crippen LogP contribution in [0.5, 0.6) is 0 Å². The van der Waals surface area contributed by atoms with E-state index in [9.17, 15) is 9.59 Å². The second-order valence-corrected chi connectivity index (χ2v) is 3.95. The molecule has 0 fully saturated rings. The van der Waals surface area contributed by atoms with E-state index in [4.69, 9.17) is 0 Å². The highest BCUT2D eigenvalue weighted by Crippen LogP contribution is 2.24. The molecule has 1 heterocycles. The Bertz CT molecular complexity index is 480. The molecule has 0 saturated carbocycles. The van der Waals surface area contributed by atoms with Crippen molar-refractivity contribution in [2.75, 3.05) is 11.1 Å². The van der Waals surface area contributed by atoms with Crippen LogP contribution in [0, 0.1) is 0 Å². The van der Waals surface area contributed by atoms with Crippen molar-refractivity contribution in [1.82, 2.24) is 0 Å². The lowest BCUT2D eigenvalue weighted by molar-refractivity contribution is -0.112. The van der Waals surface area contributed by atoms with Gasteiger partial charge in [0.1, 0.15) is 0 Å². The zero-order valence-electron chi connectivity index (χ0n) is 8.56. The van der Waals surface area contributed by atoms with Crippen molar-refractivity contribution in [2.45, 2.75) is 6.42 Å². The molecule has 1 amide bonds. The lowest BCUT2D eigenvalue weighted by Gasteiger charge is -1.98. The van der Waals surface area contributed by atoms with Crippen molar-refractivity contribution in [1.29, 1.82) is 0 Å². The van der Waals surface area contributed by atoms with Gasteiger partial charge in [-0.1, -0.05) is 18.2 Å². The molecule has 0 aromatic heterocycles. The summed E-state index contributed by atoms with van der Waals surface area (Å²) in [5.74, 6) is -0.216. The number of hydrogen-bond donors (Lipinski definition) is 2. The number of hydrogen-bond acceptors (Lipinski definition) is 3. The number of anilines is 1. The van der Waals surface area contributed by atoms with Gasteiger partial charge in [-0.15, -0.1) is 0 Å². The van der Waals surface area contributed by atoms with Crippen LogP contribution in [0.3, 0.4) is 0 Å². The van der Waals surface area contributed by atoms with Crippen LogP contribution >= 0.6 is 12.6 Å². The third kappa shape index (κ3) is 2.02. The lowest BCUT2D eigenvalue weighted by Crippen LogP contribution is -2.12. The van der Waals surface area contributed by atoms with E-state index in [0.29, 0.717) is 11.3 Å². The highest BCUT2D eigenvalue weighted by molar-refractivity contribution is 7.80. The molecule has 1 aromatic rings. The first kappa shape index (κ1) is 11.0. The van der Waals surface area contributed by atoms with E-state index < -0.39 is 11.7 Å². The molecule has 0 radical (unpaired) electrons. The lowest BCUT2D eigenvalue weighted by atomic mass is 10.1. The number of allylic oxidation sites excluding steroid dienone is 1. The minimum atomic E-state index is -0.550. The Kier molecular flexibility index (Phi) is 3.10. The smallest absolute Gasteiger partial charge is 0.296 e. The number of benzene rings is 1. The number of amides is 1. The van der Waals surface area contributed by atoms with Crippen LogP contribution in [0.4, 0.5) is 5.69 Å². The summed E-state index contributed by atoms with van der Waals surface area (Å²) < 4.78 is 0. The fourth-order valence-corrected chi connectivity index (χ4v) is 1.71. The molecule has 1 aliphatic rings. The van der Waals surface area contributed by atoms with Gasteiger partial charge in [-0.25, -0.2) is 0 Å². The minimum absolute atomic E-state index is 0.457. The van der Waals surface area contributed by atoms with Crippen LogP contribution in [0.1, 0.15) is 22.3 Å². The second kappa shape index (κ2) is 4.53. The Morgan fingerprint density at radius 1 is 1.31 bits per heavy atom. The summed E-state index contributed by atoms with van der Waals surface area (Å²) >= 11 is 4.10. The number of ketones is 1. The number of Topliss-reactive ketones (excluding diaryl/α,β-unsaturated/α-hetero) is 1. The Balaban J connectivity index is 2.27. The molecule has 3 nitrogen and oxygen atoms in total. The normalized spacial score (nSPS) is 14.3. The first-order valence-corrected chi connectivity index (χ1v) is 5.63. The van der Waals surface area contributed by atoms with E-state index in [1.54, 1.807) is 12.1 Å². The fourth-order valence-electron chi connectivity index (χ4n) is 1.56. The summed E-state index contributed by atoms with van der Waals surface area (Å²) in [6.07, 6.45) is 4.79. The molecule has 0 aliphatic carbocycles. The SMILES string of the molecule is O=C1Nc2ccc(C=CCCS)cc2C1=O. The number of nitrogens with one attached hydrogen (secondary N) is 1. The Morgan fingerprint density at radius 3 is 2.88 bits per heavy atom. The highest BCUT2D eigenvalue weighted by Gasteiger charge is 2.27. The molecule has 0 unspecified atom stereocenters. The van der Waals surface area contributed by atoms with Gasteiger partial charge in [-0.2, -0.15) is 12.6 Å². The average Bonchev–Trinajstić information content (AvgIpc) is 2.56. The maximum absolute atomic E-state index is 11.4. The van der Waals surface area contributed by atoms with Crippen molar-refractivity contribution in [3.05, 3.63) is 35.4 Å². The maximum Gasteiger partial charge on any atom is 0.296 e. The summed E-state index contributed by atoms with van der Waals surface area (Å²) in [5, 5.41) is 2.52. The molecule has 82 valence electrons. The second-order valence-electron chi connectivity index (χ2n) is 3.50. The van der Waals surface area contributed by atoms with E-state index in [2.05, 4.69) is 17.9 Å². The highest BCUT2D eigenvalue weighted by atomic mass is 32.1. The van der Waals surface area contributed by atoms with Crippen LogP contribution < -0.4 is 5.32 Å². The molecule has 1 aliphatic heterocycles. The first-order valence-electron chi connectivity index (χ1n) is 4.99. The van der Waals surface area contributed by atoms with E-state index in [0.717, 1.165) is 17.7 Å². The first-order chi connectivity index (χ1) is 7.72. The van der Waals surface area contributed by atoms with E-state index in [1.807, 2.05) is 18.2 Å². The van der Waals surface area contributed by atoms with Crippen LogP contribution in [-0.4, -0.2) is 17.4 Å². The zero-order valence-corrected chi connectivity index (χ0v) is 9.46. The van der Waals surface area contributed by atoms with Crippen LogP contribution in [0.25, 0.3) is 6.08 Å². The fraction of sp³-hybridized carbons (Fsp3) is 0.167. The van der Waals surface area contributed by atoms with Gasteiger partial charge in [0.2, 0.25) is 0 Å². The molecule has 1 N–H and O–H groups in total. The number of fused-ring (bicyclic) bond motifs is 1. The molecule has 2 rings (SSSR count). The third-order valence-electron chi connectivity index (χ3n) is 2.35. The Hall–Kier alpha value is -1.55. The third-order valence-corrected chi connectivity index (χ3v) is 2.61. The quantitative estimate of drug-likeness (QED) is 0.620. The number of carbonyl (C=O) groups excluding carboxylic acids is 2. The van der Waals surface area contributed by atoms with Gasteiger partial charge in [0.05, 0.1) is 11.3 Å². The minimum Gasteiger partial charge on any atom is -0.318 e. The van der Waals surface area contributed by atoms with E-state index >= 15 is 0 Å². The molecular weight excluding hydrogens is 222 g/mol. The summed E-state index contributed by atoms with van der Waals surface area (Å²) in [6, 6.07) is 5.34. The zero-order chi connectivity index (χ0) is 11.5. The molecule has 0 bridgehead atoms. The topological polar surface area (TPSA) is 46.2 Å². The average molecular weight is 233 g/mol. The van der Waals surface area contributed by atoms with E-state index in [1.165, 1.54) is 0 Å². The number of thiol groups is 1. The molecule has 4 heteroatoms. The van der Waals surface area contributed by atoms with Crippen molar-refractivity contribution < 1.29 is 9.59 Å². The van der Waals surface area contributed by atoms with Gasteiger partial charge in [0, 0.05) is 0 Å². The van der Waals surface area contributed by atoms with Gasteiger partial charge in [0.25, 0.3) is 11.7 Å². The summed E-state index contributed by atoms with van der Waals surface area (Å²) in [5.41, 5.74) is 1.98. The Labute approximate surface area is 99.0 Å². The summed E-state index contributed by atoms with van der Waals surface area (Å²) in [4.78, 5) is 22.5. The number of rotatable bonds is 3. The van der Waals surface area contributed by atoms with Gasteiger partial charge in [-0.05, 0) is 29.9 Å². The predicted octanol–water partition coefficient (Wildman–Crippen LogP) is 2.15. The Morgan fingerprint density at radius 2 is 2.12 bits per heavy atom. The van der Waals surface area contributed by atoms with Gasteiger partial charge in [0.15, 0.2) is 0 Å². The van der Waals surface area contributed by atoms with Crippen molar-refractivity contribution in [3.63, 3.8) is 0 Å². The predicted molar refractivity (Wildman–Crippen MR) is 66.9 cm³/mol. The summed E-state index contributed by atoms with van der Waals surface area (Å²) in [6.45, 7) is 0. The van der Waals surface area contributed by atoms with E-state index in [-0.39, 0.29) is 0 Å². The van der Waals surface area contributed by atoms with Gasteiger partial charge in [-0.3, -0.25) is 9.59 Å². The van der Waals surface area contributed by atoms with Crippen molar-refractivity contribution in [2.24, 2.45) is 0 Å². The standard InChI is InChI=1S/C12H11NO2S/c14-11-9-7-8(3-1-2-6-16)4-5-10(9)13-12(11)15/h1,3-5,7,16H,2,6H2,(H,13,14,15). The molecule has 0 spiro atoms.